The van der Waals surface area contributed by atoms with Crippen LogP contribution in [-0.4, -0.2) is 11.9 Å². The Morgan fingerprint density at radius 1 is 1.39 bits per heavy atom. The van der Waals surface area contributed by atoms with Crippen molar-refractivity contribution < 1.29 is 4.79 Å². The van der Waals surface area contributed by atoms with E-state index in [4.69, 9.17) is 5.73 Å². The minimum atomic E-state index is 0. The first kappa shape index (κ1) is 14.8. The summed E-state index contributed by atoms with van der Waals surface area (Å²) in [6.07, 6.45) is 4.04. The minimum absolute atomic E-state index is 0. The van der Waals surface area contributed by atoms with Crippen LogP contribution in [0.1, 0.15) is 31.7 Å². The van der Waals surface area contributed by atoms with Crippen molar-refractivity contribution in [2.45, 2.75) is 38.6 Å². The summed E-state index contributed by atoms with van der Waals surface area (Å²) in [6, 6.07) is 7.91. The Balaban J connectivity index is 0.00000162. The lowest BCUT2D eigenvalue weighted by molar-refractivity contribution is -0.120. The lowest BCUT2D eigenvalue weighted by Crippen LogP contribution is -2.28. The Bertz CT molecular complexity index is 391. The highest BCUT2D eigenvalue weighted by Gasteiger charge is 2.36. The molecule has 0 spiro atoms. The van der Waals surface area contributed by atoms with Crippen molar-refractivity contribution in [2.75, 3.05) is 5.73 Å². The van der Waals surface area contributed by atoms with Gasteiger partial charge < -0.3 is 11.1 Å². The van der Waals surface area contributed by atoms with Crippen molar-refractivity contribution in [3.63, 3.8) is 0 Å². The predicted octanol–water partition coefficient (Wildman–Crippen LogP) is 2.54. The van der Waals surface area contributed by atoms with Crippen molar-refractivity contribution in [2.24, 2.45) is 5.92 Å². The zero-order valence-corrected chi connectivity index (χ0v) is 11.5. The normalized spacial score (nSPS) is 20.9. The third-order valence-electron chi connectivity index (χ3n) is 3.27. The van der Waals surface area contributed by atoms with Crippen molar-refractivity contribution in [3.05, 3.63) is 29.8 Å². The molecule has 0 saturated heterocycles. The monoisotopic (exact) mass is 268 g/mol. The number of hydrogen-bond donors (Lipinski definition) is 2. The Labute approximate surface area is 115 Å². The molecule has 1 aromatic carbocycles. The van der Waals surface area contributed by atoms with Gasteiger partial charge in [0.15, 0.2) is 0 Å². The van der Waals surface area contributed by atoms with E-state index in [0.717, 1.165) is 23.6 Å². The number of amides is 1. The van der Waals surface area contributed by atoms with Crippen LogP contribution in [0.3, 0.4) is 0 Å². The van der Waals surface area contributed by atoms with Crippen LogP contribution in [0.15, 0.2) is 24.3 Å². The summed E-state index contributed by atoms with van der Waals surface area (Å²) in [5.74, 6) is 0.841. The van der Waals surface area contributed by atoms with Crippen molar-refractivity contribution in [3.8, 4) is 0 Å². The Hall–Kier alpha value is -1.22. The quantitative estimate of drug-likeness (QED) is 0.807. The first-order valence-electron chi connectivity index (χ1n) is 6.33. The predicted molar refractivity (Wildman–Crippen MR) is 76.8 cm³/mol. The van der Waals surface area contributed by atoms with Crippen LogP contribution < -0.4 is 11.1 Å². The first-order chi connectivity index (χ1) is 8.19. The van der Waals surface area contributed by atoms with Gasteiger partial charge in [0.25, 0.3) is 0 Å². The fourth-order valence-corrected chi connectivity index (χ4v) is 2.19. The molecule has 1 amide bonds. The SMILES string of the molecule is CCCC1CC1NC(=O)Cc1ccc(N)cc1.Cl. The Kier molecular flexibility index (Phi) is 5.48. The van der Waals surface area contributed by atoms with Gasteiger partial charge in [-0.15, -0.1) is 12.4 Å². The number of nitrogens with two attached hydrogens (primary N) is 1. The number of carbonyl (C=O) groups is 1. The first-order valence-corrected chi connectivity index (χ1v) is 6.33. The maximum atomic E-state index is 11.8. The molecule has 0 heterocycles. The standard InChI is InChI=1S/C14H20N2O.ClH/c1-2-3-11-9-13(11)16-14(17)8-10-4-6-12(15)7-5-10;/h4-7,11,13H,2-3,8-9,15H2,1H3,(H,16,17);1H. The highest BCUT2D eigenvalue weighted by atomic mass is 35.5. The molecule has 1 aliphatic rings. The zero-order valence-electron chi connectivity index (χ0n) is 10.7. The van der Waals surface area contributed by atoms with Gasteiger partial charge in [-0.3, -0.25) is 4.79 Å². The minimum Gasteiger partial charge on any atom is -0.399 e. The van der Waals surface area contributed by atoms with Gasteiger partial charge in [-0.05, 0) is 36.5 Å². The highest BCUT2D eigenvalue weighted by molar-refractivity contribution is 5.85. The number of hydrogen-bond acceptors (Lipinski definition) is 2. The summed E-state index contributed by atoms with van der Waals surface area (Å²) in [5.41, 5.74) is 7.35. The Morgan fingerprint density at radius 3 is 2.67 bits per heavy atom. The molecule has 18 heavy (non-hydrogen) atoms. The smallest absolute Gasteiger partial charge is 0.224 e. The fourth-order valence-electron chi connectivity index (χ4n) is 2.19. The Morgan fingerprint density at radius 2 is 2.06 bits per heavy atom. The molecule has 0 bridgehead atoms. The lowest BCUT2D eigenvalue weighted by Gasteiger charge is -2.05. The molecule has 100 valence electrons. The van der Waals surface area contributed by atoms with Gasteiger partial charge in [-0.2, -0.15) is 0 Å². The van der Waals surface area contributed by atoms with E-state index < -0.39 is 0 Å². The molecule has 0 aromatic heterocycles. The molecule has 1 aromatic rings. The molecule has 3 N–H and O–H groups in total. The van der Waals surface area contributed by atoms with Crippen LogP contribution in [0, 0.1) is 5.92 Å². The third-order valence-corrected chi connectivity index (χ3v) is 3.27. The van der Waals surface area contributed by atoms with Gasteiger partial charge in [0.2, 0.25) is 5.91 Å². The van der Waals surface area contributed by atoms with E-state index in [-0.39, 0.29) is 18.3 Å². The van der Waals surface area contributed by atoms with E-state index in [9.17, 15) is 4.79 Å². The van der Waals surface area contributed by atoms with E-state index in [1.54, 1.807) is 0 Å². The van der Waals surface area contributed by atoms with Crippen molar-refractivity contribution >= 4 is 24.0 Å². The highest BCUT2D eigenvalue weighted by Crippen LogP contribution is 2.34. The summed E-state index contributed by atoms with van der Waals surface area (Å²) >= 11 is 0. The van der Waals surface area contributed by atoms with Crippen molar-refractivity contribution in [1.82, 2.24) is 5.32 Å². The number of carbonyl (C=O) groups excluding carboxylic acids is 1. The van der Waals surface area contributed by atoms with Crippen molar-refractivity contribution in [1.29, 1.82) is 0 Å². The fraction of sp³-hybridized carbons (Fsp3) is 0.500. The summed E-state index contributed by atoms with van der Waals surface area (Å²) in [4.78, 5) is 11.8. The van der Waals surface area contributed by atoms with Gasteiger partial charge in [0.1, 0.15) is 0 Å². The van der Waals surface area contributed by atoms with Gasteiger partial charge in [0, 0.05) is 11.7 Å². The average molecular weight is 269 g/mol. The van der Waals surface area contributed by atoms with E-state index in [1.807, 2.05) is 24.3 Å². The van der Waals surface area contributed by atoms with Crippen LogP contribution in [0.4, 0.5) is 5.69 Å². The summed E-state index contributed by atoms with van der Waals surface area (Å²) in [6.45, 7) is 2.19. The number of nitrogen functional groups attached to an aromatic ring is 1. The maximum absolute atomic E-state index is 11.8. The molecule has 0 aliphatic heterocycles. The largest absolute Gasteiger partial charge is 0.399 e. The molecule has 4 heteroatoms. The number of benzene rings is 1. The molecule has 3 nitrogen and oxygen atoms in total. The van der Waals surface area contributed by atoms with Crippen LogP contribution >= 0.6 is 12.4 Å². The maximum Gasteiger partial charge on any atom is 0.224 e. The summed E-state index contributed by atoms with van der Waals surface area (Å²) in [7, 11) is 0. The number of nitrogens with one attached hydrogen (secondary N) is 1. The van der Waals surface area contributed by atoms with Crippen LogP contribution in [0.5, 0.6) is 0 Å². The average Bonchev–Trinajstić information content (AvgIpc) is 3.00. The van der Waals surface area contributed by atoms with Crippen LogP contribution in [-0.2, 0) is 11.2 Å². The molecule has 2 unspecified atom stereocenters. The lowest BCUT2D eigenvalue weighted by atomic mass is 10.1. The number of anilines is 1. The molecule has 2 atom stereocenters. The second-order valence-electron chi connectivity index (χ2n) is 4.88. The van der Waals surface area contributed by atoms with Crippen LogP contribution in [0.25, 0.3) is 0 Å². The number of halogens is 1. The van der Waals surface area contributed by atoms with E-state index in [1.165, 1.54) is 12.8 Å². The molecule has 0 radical (unpaired) electrons. The van der Waals surface area contributed by atoms with Crippen LogP contribution in [0.2, 0.25) is 0 Å². The molecule has 2 rings (SSSR count). The molecule has 1 aliphatic carbocycles. The van der Waals surface area contributed by atoms with Gasteiger partial charge in [-0.1, -0.05) is 25.5 Å². The van der Waals surface area contributed by atoms with Gasteiger partial charge in [-0.25, -0.2) is 0 Å². The van der Waals surface area contributed by atoms with Gasteiger partial charge in [0.05, 0.1) is 6.42 Å². The van der Waals surface area contributed by atoms with Gasteiger partial charge >= 0.3 is 0 Å². The molecular weight excluding hydrogens is 248 g/mol. The molecule has 1 fully saturated rings. The topological polar surface area (TPSA) is 55.1 Å². The molecular formula is C14H21ClN2O. The summed E-state index contributed by atoms with van der Waals surface area (Å²) in [5, 5.41) is 3.08. The number of rotatable bonds is 5. The van der Waals surface area contributed by atoms with E-state index in [2.05, 4.69) is 12.2 Å². The van der Waals surface area contributed by atoms with E-state index >= 15 is 0 Å². The second-order valence-corrected chi connectivity index (χ2v) is 4.88. The summed E-state index contributed by atoms with van der Waals surface area (Å²) < 4.78 is 0. The van der Waals surface area contributed by atoms with E-state index in [0.29, 0.717) is 12.5 Å². The second kappa shape index (κ2) is 6.64. The zero-order chi connectivity index (χ0) is 12.3. The third kappa shape index (κ3) is 4.22. The molecule has 1 saturated carbocycles.